The lowest BCUT2D eigenvalue weighted by Crippen LogP contribution is -2.11. The van der Waals surface area contributed by atoms with Crippen molar-refractivity contribution in [1.29, 1.82) is 0 Å². The third-order valence-electron chi connectivity index (χ3n) is 2.95. The van der Waals surface area contributed by atoms with Gasteiger partial charge in [-0.15, -0.1) is 0 Å². The maximum atomic E-state index is 12.6. The Morgan fingerprint density at radius 2 is 1.67 bits per heavy atom. The molecule has 0 heterocycles. The molecule has 0 fully saturated rings. The number of halogens is 4. The number of rotatable bonds is 3. The number of alkyl halides is 3. The molecule has 0 amide bonds. The summed E-state index contributed by atoms with van der Waals surface area (Å²) in [5, 5.41) is 3.09. The molecule has 21 heavy (non-hydrogen) atoms. The highest BCUT2D eigenvalue weighted by Crippen LogP contribution is 2.36. The molecule has 2 aromatic rings. The highest BCUT2D eigenvalue weighted by molar-refractivity contribution is 6.33. The lowest BCUT2D eigenvalue weighted by molar-refractivity contribution is -0.137. The number of benzene rings is 2. The molecule has 0 spiro atoms. The molecule has 112 valence electrons. The molecule has 6 heteroatoms. The number of nitrogens with zero attached hydrogens (tertiary/aromatic N) is 1. The molecule has 2 nitrogen and oxygen atoms in total. The van der Waals surface area contributed by atoms with Gasteiger partial charge in [0.15, 0.2) is 0 Å². The molecule has 0 aromatic heterocycles. The van der Waals surface area contributed by atoms with Crippen molar-refractivity contribution in [2.24, 2.45) is 0 Å². The van der Waals surface area contributed by atoms with Crippen LogP contribution in [0.3, 0.4) is 0 Å². The zero-order chi connectivity index (χ0) is 15.6. The molecule has 0 saturated heterocycles. The van der Waals surface area contributed by atoms with Crippen LogP contribution in [0.5, 0.6) is 0 Å². The summed E-state index contributed by atoms with van der Waals surface area (Å²) < 4.78 is 37.8. The Balaban J connectivity index is 2.33. The number of para-hydroxylation sites is 2. The third kappa shape index (κ3) is 3.61. The first-order valence-electron chi connectivity index (χ1n) is 6.19. The topological polar surface area (TPSA) is 15.3 Å². The summed E-state index contributed by atoms with van der Waals surface area (Å²) >= 11 is 5.94. The summed E-state index contributed by atoms with van der Waals surface area (Å²) in [7, 11) is 3.77. The van der Waals surface area contributed by atoms with Crippen LogP contribution in [-0.4, -0.2) is 14.1 Å². The zero-order valence-corrected chi connectivity index (χ0v) is 12.3. The normalized spacial score (nSPS) is 11.3. The third-order valence-corrected chi connectivity index (χ3v) is 3.26. The van der Waals surface area contributed by atoms with Crippen molar-refractivity contribution in [2.45, 2.75) is 6.18 Å². The van der Waals surface area contributed by atoms with Gasteiger partial charge in [-0.05, 0) is 30.3 Å². The van der Waals surface area contributed by atoms with Crippen molar-refractivity contribution in [3.8, 4) is 0 Å². The SMILES string of the molecule is CN(C)c1ccccc1Nc1ccc(C(F)(F)F)cc1Cl. The second-order valence-corrected chi connectivity index (χ2v) is 5.14. The molecule has 0 bridgehead atoms. The highest BCUT2D eigenvalue weighted by Gasteiger charge is 2.30. The predicted molar refractivity (Wildman–Crippen MR) is 80.5 cm³/mol. The van der Waals surface area contributed by atoms with E-state index in [9.17, 15) is 13.2 Å². The summed E-state index contributed by atoms with van der Waals surface area (Å²) in [6, 6.07) is 10.7. The van der Waals surface area contributed by atoms with Gasteiger partial charge in [0.1, 0.15) is 0 Å². The molecule has 0 aliphatic carbocycles. The monoisotopic (exact) mass is 314 g/mol. The highest BCUT2D eigenvalue weighted by atomic mass is 35.5. The van der Waals surface area contributed by atoms with Gasteiger partial charge in [0, 0.05) is 14.1 Å². The fourth-order valence-electron chi connectivity index (χ4n) is 1.91. The van der Waals surface area contributed by atoms with Gasteiger partial charge in [0.05, 0.1) is 27.6 Å². The zero-order valence-electron chi connectivity index (χ0n) is 11.5. The Kier molecular flexibility index (Phi) is 4.32. The van der Waals surface area contributed by atoms with Gasteiger partial charge in [0.2, 0.25) is 0 Å². The van der Waals surface area contributed by atoms with Crippen LogP contribution in [-0.2, 0) is 6.18 Å². The number of nitrogens with one attached hydrogen (secondary N) is 1. The smallest absolute Gasteiger partial charge is 0.376 e. The van der Waals surface area contributed by atoms with Crippen LogP contribution in [0, 0.1) is 0 Å². The van der Waals surface area contributed by atoms with Crippen LogP contribution in [0.2, 0.25) is 5.02 Å². The maximum Gasteiger partial charge on any atom is 0.416 e. The summed E-state index contributed by atoms with van der Waals surface area (Å²) in [6.07, 6.45) is -4.40. The van der Waals surface area contributed by atoms with Crippen molar-refractivity contribution >= 4 is 28.7 Å². The van der Waals surface area contributed by atoms with Crippen LogP contribution < -0.4 is 10.2 Å². The lowest BCUT2D eigenvalue weighted by atomic mass is 10.2. The van der Waals surface area contributed by atoms with E-state index >= 15 is 0 Å². The van der Waals surface area contributed by atoms with Gasteiger partial charge >= 0.3 is 6.18 Å². The fourth-order valence-corrected chi connectivity index (χ4v) is 2.13. The maximum absolute atomic E-state index is 12.6. The van der Waals surface area contributed by atoms with Crippen LogP contribution in [0.25, 0.3) is 0 Å². The van der Waals surface area contributed by atoms with E-state index < -0.39 is 11.7 Å². The van der Waals surface area contributed by atoms with Gasteiger partial charge < -0.3 is 10.2 Å². The molecule has 0 aliphatic heterocycles. The first kappa shape index (κ1) is 15.5. The Hall–Kier alpha value is -1.88. The number of anilines is 3. The molecular formula is C15H14ClF3N2. The summed E-state index contributed by atoms with van der Waals surface area (Å²) in [6.45, 7) is 0. The minimum atomic E-state index is -4.40. The van der Waals surface area contributed by atoms with Crippen LogP contribution in [0.4, 0.5) is 30.2 Å². The van der Waals surface area contributed by atoms with E-state index in [4.69, 9.17) is 11.6 Å². The first-order chi connectivity index (χ1) is 9.79. The Morgan fingerprint density at radius 3 is 2.24 bits per heavy atom. The van der Waals surface area contributed by atoms with E-state index in [1.165, 1.54) is 6.07 Å². The van der Waals surface area contributed by atoms with E-state index in [2.05, 4.69) is 5.32 Å². The predicted octanol–water partition coefficient (Wildman–Crippen LogP) is 5.17. The Bertz CT molecular complexity index is 639. The molecular weight excluding hydrogens is 301 g/mol. The average Bonchev–Trinajstić information content (AvgIpc) is 2.40. The first-order valence-corrected chi connectivity index (χ1v) is 6.57. The van der Waals surface area contributed by atoms with E-state index in [1.807, 2.05) is 43.3 Å². The molecule has 1 N–H and O–H groups in total. The number of hydrogen-bond acceptors (Lipinski definition) is 2. The van der Waals surface area contributed by atoms with Crippen LogP contribution >= 0.6 is 11.6 Å². The molecule has 0 saturated carbocycles. The molecule has 0 radical (unpaired) electrons. The second-order valence-electron chi connectivity index (χ2n) is 4.73. The van der Waals surface area contributed by atoms with Crippen molar-refractivity contribution in [3.63, 3.8) is 0 Å². The van der Waals surface area contributed by atoms with E-state index in [-0.39, 0.29) is 5.02 Å². The van der Waals surface area contributed by atoms with Gasteiger partial charge in [-0.2, -0.15) is 13.2 Å². The van der Waals surface area contributed by atoms with E-state index in [0.717, 1.165) is 23.5 Å². The Labute approximate surface area is 126 Å². The van der Waals surface area contributed by atoms with E-state index in [0.29, 0.717) is 5.69 Å². The standard InChI is InChI=1S/C15H14ClF3N2/c1-21(2)14-6-4-3-5-13(14)20-12-8-7-10(9-11(12)16)15(17,18)19/h3-9,20H,1-2H3. The molecule has 2 aromatic carbocycles. The minimum Gasteiger partial charge on any atom is -0.376 e. The number of hydrogen-bond donors (Lipinski definition) is 1. The van der Waals surface area contributed by atoms with Crippen LogP contribution in [0.1, 0.15) is 5.56 Å². The Morgan fingerprint density at radius 1 is 1.00 bits per heavy atom. The minimum absolute atomic E-state index is 0.0263. The molecule has 0 aliphatic rings. The van der Waals surface area contributed by atoms with Crippen molar-refractivity contribution in [1.82, 2.24) is 0 Å². The summed E-state index contributed by atoms with van der Waals surface area (Å²) in [5.41, 5.74) is 1.34. The second kappa shape index (κ2) is 5.85. The van der Waals surface area contributed by atoms with Crippen LogP contribution in [0.15, 0.2) is 42.5 Å². The van der Waals surface area contributed by atoms with Crippen molar-refractivity contribution in [2.75, 3.05) is 24.3 Å². The molecule has 0 atom stereocenters. The summed E-state index contributed by atoms with van der Waals surface area (Å²) in [5.74, 6) is 0. The average molecular weight is 315 g/mol. The van der Waals surface area contributed by atoms with Gasteiger partial charge in [-0.3, -0.25) is 0 Å². The van der Waals surface area contributed by atoms with Gasteiger partial charge in [0.25, 0.3) is 0 Å². The van der Waals surface area contributed by atoms with Gasteiger partial charge in [-0.1, -0.05) is 23.7 Å². The molecule has 0 unspecified atom stereocenters. The van der Waals surface area contributed by atoms with E-state index in [1.54, 1.807) is 0 Å². The summed E-state index contributed by atoms with van der Waals surface area (Å²) in [4.78, 5) is 1.90. The van der Waals surface area contributed by atoms with Gasteiger partial charge in [-0.25, -0.2) is 0 Å². The molecule has 2 rings (SSSR count). The quantitative estimate of drug-likeness (QED) is 0.841. The largest absolute Gasteiger partial charge is 0.416 e. The van der Waals surface area contributed by atoms with Crippen molar-refractivity contribution < 1.29 is 13.2 Å². The lowest BCUT2D eigenvalue weighted by Gasteiger charge is -2.19. The van der Waals surface area contributed by atoms with Crippen molar-refractivity contribution in [3.05, 3.63) is 53.1 Å². The fraction of sp³-hybridized carbons (Fsp3) is 0.200.